The Morgan fingerprint density at radius 3 is 2.63 bits per heavy atom. The molecule has 1 heterocycles. The summed E-state index contributed by atoms with van der Waals surface area (Å²) in [5.74, 6) is 0.926. The van der Waals surface area contributed by atoms with Crippen molar-refractivity contribution in [2.75, 3.05) is 30.5 Å². The first-order valence-corrected chi connectivity index (χ1v) is 8.80. The van der Waals surface area contributed by atoms with E-state index in [4.69, 9.17) is 9.47 Å². The van der Waals surface area contributed by atoms with Crippen molar-refractivity contribution in [2.45, 2.75) is 20.8 Å². The van der Waals surface area contributed by atoms with Gasteiger partial charge < -0.3 is 19.7 Å². The maximum atomic E-state index is 12.5. The molecule has 2 amide bonds. The number of ether oxygens (including phenoxy) is 2. The van der Waals surface area contributed by atoms with Gasteiger partial charge >= 0.3 is 0 Å². The molecule has 0 unspecified atom stereocenters. The summed E-state index contributed by atoms with van der Waals surface area (Å²) in [6, 6.07) is 12.7. The van der Waals surface area contributed by atoms with E-state index in [1.807, 2.05) is 45.0 Å². The summed E-state index contributed by atoms with van der Waals surface area (Å²) in [5, 5.41) is 2.79. The summed E-state index contributed by atoms with van der Waals surface area (Å²) in [6.07, 6.45) is 0. The van der Waals surface area contributed by atoms with Crippen molar-refractivity contribution in [1.82, 2.24) is 0 Å². The van der Waals surface area contributed by atoms with E-state index in [9.17, 15) is 9.59 Å². The van der Waals surface area contributed by atoms with Crippen LogP contribution < -0.4 is 19.7 Å². The van der Waals surface area contributed by atoms with Crippen LogP contribution >= 0.6 is 0 Å². The molecule has 0 saturated heterocycles. The van der Waals surface area contributed by atoms with E-state index in [-0.39, 0.29) is 25.0 Å². The van der Waals surface area contributed by atoms with Crippen LogP contribution in [-0.4, -0.2) is 32.1 Å². The highest BCUT2D eigenvalue weighted by atomic mass is 16.5. The van der Waals surface area contributed by atoms with Gasteiger partial charge in [0, 0.05) is 18.8 Å². The van der Waals surface area contributed by atoms with Crippen LogP contribution in [0, 0.1) is 12.3 Å². The Kier molecular flexibility index (Phi) is 5.08. The number of fused-ring (bicyclic) bond motifs is 1. The van der Waals surface area contributed by atoms with E-state index in [1.165, 1.54) is 0 Å². The summed E-state index contributed by atoms with van der Waals surface area (Å²) >= 11 is 0. The quantitative estimate of drug-likeness (QED) is 0.898. The number of carbonyl (C=O) groups excluding carboxylic acids is 2. The molecule has 3 rings (SSSR count). The highest BCUT2D eigenvalue weighted by Crippen LogP contribution is 2.37. The van der Waals surface area contributed by atoms with Gasteiger partial charge in [-0.1, -0.05) is 17.7 Å². The third-order valence-electron chi connectivity index (χ3n) is 4.47. The van der Waals surface area contributed by atoms with Crippen LogP contribution in [-0.2, 0) is 9.59 Å². The summed E-state index contributed by atoms with van der Waals surface area (Å²) < 4.78 is 11.3. The molecule has 0 atom stereocenters. The Hall–Kier alpha value is -3.02. The van der Waals surface area contributed by atoms with Gasteiger partial charge in [-0.15, -0.1) is 0 Å². The van der Waals surface area contributed by atoms with Gasteiger partial charge in [0.1, 0.15) is 18.1 Å². The number of hydrogen-bond acceptors (Lipinski definition) is 4. The van der Waals surface area contributed by atoms with Gasteiger partial charge in [-0.2, -0.15) is 0 Å². The molecule has 0 aliphatic carbocycles. The van der Waals surface area contributed by atoms with E-state index < -0.39 is 5.41 Å². The molecule has 1 aliphatic rings. The number of hydrogen-bond donors (Lipinski definition) is 1. The average molecular weight is 368 g/mol. The van der Waals surface area contributed by atoms with E-state index in [2.05, 4.69) is 5.32 Å². The number of nitrogens with zero attached hydrogens (tertiary/aromatic N) is 1. The Labute approximate surface area is 159 Å². The summed E-state index contributed by atoms with van der Waals surface area (Å²) in [4.78, 5) is 26.3. The van der Waals surface area contributed by atoms with Gasteiger partial charge in [-0.25, -0.2) is 0 Å². The molecule has 0 aromatic heterocycles. The fourth-order valence-corrected chi connectivity index (χ4v) is 2.85. The molecular weight excluding hydrogens is 344 g/mol. The normalized spacial score (nSPS) is 15.4. The number of aryl methyl sites for hydroxylation is 1. The Balaban J connectivity index is 1.67. The standard InChI is InChI=1S/C21H24N2O4/c1-14-5-8-16(9-6-14)26-12-19(24)22-15-7-10-17-18(11-15)27-13-21(2,3)20(25)23(17)4/h5-11H,12-13H2,1-4H3,(H,22,24). The first-order chi connectivity index (χ1) is 12.8. The maximum Gasteiger partial charge on any atom is 0.262 e. The Bertz CT molecular complexity index is 859. The zero-order chi connectivity index (χ0) is 19.6. The fourth-order valence-electron chi connectivity index (χ4n) is 2.85. The van der Waals surface area contributed by atoms with Crippen molar-refractivity contribution in [3.63, 3.8) is 0 Å². The highest BCUT2D eigenvalue weighted by Gasteiger charge is 2.36. The Morgan fingerprint density at radius 1 is 1.22 bits per heavy atom. The van der Waals surface area contributed by atoms with E-state index >= 15 is 0 Å². The molecule has 0 fully saturated rings. The van der Waals surface area contributed by atoms with Crippen LogP contribution in [0.5, 0.6) is 11.5 Å². The molecule has 27 heavy (non-hydrogen) atoms. The second-order valence-electron chi connectivity index (χ2n) is 7.37. The molecule has 142 valence electrons. The van der Waals surface area contributed by atoms with Crippen LogP contribution in [0.4, 0.5) is 11.4 Å². The molecule has 2 aromatic carbocycles. The molecule has 6 nitrogen and oxygen atoms in total. The van der Waals surface area contributed by atoms with Gasteiger partial charge in [0.05, 0.1) is 11.1 Å². The summed E-state index contributed by atoms with van der Waals surface area (Å²) in [5.41, 5.74) is 1.79. The third kappa shape index (κ3) is 4.22. The van der Waals surface area contributed by atoms with Gasteiger partial charge in [-0.3, -0.25) is 9.59 Å². The molecule has 0 bridgehead atoms. The van der Waals surface area contributed by atoms with Crippen molar-refractivity contribution in [3.05, 3.63) is 48.0 Å². The highest BCUT2D eigenvalue weighted by molar-refractivity contribution is 5.99. The van der Waals surface area contributed by atoms with E-state index in [0.717, 1.165) is 5.56 Å². The average Bonchev–Trinajstić information content (AvgIpc) is 2.72. The smallest absolute Gasteiger partial charge is 0.262 e. The molecule has 6 heteroatoms. The van der Waals surface area contributed by atoms with Gasteiger partial charge in [0.2, 0.25) is 5.91 Å². The zero-order valence-corrected chi connectivity index (χ0v) is 16.0. The predicted octanol–water partition coefficient (Wildman–Crippen LogP) is 3.39. The lowest BCUT2D eigenvalue weighted by molar-refractivity contribution is -0.127. The SMILES string of the molecule is Cc1ccc(OCC(=O)Nc2ccc3c(c2)OCC(C)(C)C(=O)N3C)cc1. The number of carbonyl (C=O) groups is 2. The number of nitrogens with one attached hydrogen (secondary N) is 1. The zero-order valence-electron chi connectivity index (χ0n) is 16.0. The molecule has 1 N–H and O–H groups in total. The van der Waals surface area contributed by atoms with Crippen molar-refractivity contribution in [1.29, 1.82) is 0 Å². The molecule has 1 aliphatic heterocycles. The van der Waals surface area contributed by atoms with Gasteiger partial charge in [0.15, 0.2) is 6.61 Å². The van der Waals surface area contributed by atoms with Crippen molar-refractivity contribution in [3.8, 4) is 11.5 Å². The minimum atomic E-state index is -0.612. The van der Waals surface area contributed by atoms with Crippen molar-refractivity contribution < 1.29 is 19.1 Å². The molecule has 0 spiro atoms. The summed E-state index contributed by atoms with van der Waals surface area (Å²) in [7, 11) is 1.73. The van der Waals surface area contributed by atoms with E-state index in [1.54, 1.807) is 30.1 Å². The maximum absolute atomic E-state index is 12.5. The van der Waals surface area contributed by atoms with E-state index in [0.29, 0.717) is 22.9 Å². The van der Waals surface area contributed by atoms with Crippen LogP contribution in [0.25, 0.3) is 0 Å². The van der Waals surface area contributed by atoms with Crippen LogP contribution in [0.3, 0.4) is 0 Å². The predicted molar refractivity (Wildman–Crippen MR) is 104 cm³/mol. The molecule has 0 saturated carbocycles. The first kappa shape index (κ1) is 18.8. The van der Waals surface area contributed by atoms with Gasteiger partial charge in [0.25, 0.3) is 5.91 Å². The lowest BCUT2D eigenvalue weighted by Crippen LogP contribution is -2.39. The largest absolute Gasteiger partial charge is 0.490 e. The molecular formula is C21H24N2O4. The third-order valence-corrected chi connectivity index (χ3v) is 4.47. The van der Waals surface area contributed by atoms with Crippen molar-refractivity contribution in [2.24, 2.45) is 5.41 Å². The monoisotopic (exact) mass is 368 g/mol. The van der Waals surface area contributed by atoms with Crippen LogP contribution in [0.1, 0.15) is 19.4 Å². The minimum Gasteiger partial charge on any atom is -0.490 e. The molecule has 0 radical (unpaired) electrons. The minimum absolute atomic E-state index is 0.00969. The lowest BCUT2D eigenvalue weighted by Gasteiger charge is -2.24. The second kappa shape index (κ2) is 7.31. The van der Waals surface area contributed by atoms with Crippen LogP contribution in [0.15, 0.2) is 42.5 Å². The number of anilines is 2. The Morgan fingerprint density at radius 2 is 1.93 bits per heavy atom. The van der Waals surface area contributed by atoms with Crippen LogP contribution in [0.2, 0.25) is 0 Å². The molecule has 2 aromatic rings. The number of amides is 2. The number of benzene rings is 2. The first-order valence-electron chi connectivity index (χ1n) is 8.80. The lowest BCUT2D eigenvalue weighted by atomic mass is 9.93. The topological polar surface area (TPSA) is 67.9 Å². The number of rotatable bonds is 4. The summed E-state index contributed by atoms with van der Waals surface area (Å²) in [6.45, 7) is 5.87. The second-order valence-corrected chi connectivity index (χ2v) is 7.37. The fraction of sp³-hybridized carbons (Fsp3) is 0.333. The van der Waals surface area contributed by atoms with Crippen molar-refractivity contribution >= 4 is 23.2 Å². The van der Waals surface area contributed by atoms with Gasteiger partial charge in [-0.05, 0) is 45.0 Å².